The standard InChI is InChI=1S/C28H29F3N2O/c1-19(20-3-5-21(6-4-20)25-12-11-24(30)17-26(25)31)33-16-14-28(13-15-32-2,18-27(33)34)22-7-9-23(29)10-8-22/h3-12,17,19,32H,13-16,18H2,1-2H3/t19-,28?/m0/s1. The van der Waals surface area contributed by atoms with Crippen LogP contribution in [0.2, 0.25) is 0 Å². The molecule has 178 valence electrons. The Morgan fingerprint density at radius 3 is 2.26 bits per heavy atom. The van der Waals surface area contributed by atoms with Crippen molar-refractivity contribution in [2.45, 2.75) is 37.6 Å². The van der Waals surface area contributed by atoms with Crippen molar-refractivity contribution in [1.29, 1.82) is 0 Å². The lowest BCUT2D eigenvalue weighted by Gasteiger charge is -2.44. The number of hydrogen-bond acceptors (Lipinski definition) is 2. The van der Waals surface area contributed by atoms with E-state index in [1.165, 1.54) is 24.3 Å². The zero-order chi connectivity index (χ0) is 24.3. The van der Waals surface area contributed by atoms with E-state index in [2.05, 4.69) is 5.32 Å². The first-order valence-electron chi connectivity index (χ1n) is 11.6. The smallest absolute Gasteiger partial charge is 0.223 e. The highest BCUT2D eigenvalue weighted by molar-refractivity contribution is 5.79. The van der Waals surface area contributed by atoms with Crippen molar-refractivity contribution in [1.82, 2.24) is 10.2 Å². The molecule has 3 aromatic rings. The van der Waals surface area contributed by atoms with Crippen molar-refractivity contribution < 1.29 is 18.0 Å². The first-order valence-corrected chi connectivity index (χ1v) is 11.6. The van der Waals surface area contributed by atoms with Crippen LogP contribution in [-0.2, 0) is 10.2 Å². The van der Waals surface area contributed by atoms with Crippen LogP contribution >= 0.6 is 0 Å². The maximum atomic E-state index is 14.1. The molecular formula is C28H29F3N2O. The molecule has 4 rings (SSSR count). The van der Waals surface area contributed by atoms with Gasteiger partial charge in [0, 0.05) is 30.0 Å². The number of amides is 1. The Balaban J connectivity index is 1.52. The number of benzene rings is 3. The Hall–Kier alpha value is -3.12. The Labute approximate surface area is 198 Å². The highest BCUT2D eigenvalue weighted by Gasteiger charge is 2.41. The van der Waals surface area contributed by atoms with E-state index in [1.807, 2.05) is 31.0 Å². The van der Waals surface area contributed by atoms with Crippen LogP contribution in [0.3, 0.4) is 0 Å². The Kier molecular flexibility index (Phi) is 7.08. The fourth-order valence-electron chi connectivity index (χ4n) is 4.96. The number of likely N-dealkylation sites (tertiary alicyclic amines) is 1. The van der Waals surface area contributed by atoms with Crippen LogP contribution in [0.25, 0.3) is 11.1 Å². The average molecular weight is 467 g/mol. The van der Waals surface area contributed by atoms with E-state index in [1.54, 1.807) is 24.3 Å². The summed E-state index contributed by atoms with van der Waals surface area (Å²) in [6.45, 7) is 3.35. The van der Waals surface area contributed by atoms with E-state index in [9.17, 15) is 18.0 Å². The van der Waals surface area contributed by atoms with Crippen molar-refractivity contribution in [3.8, 4) is 11.1 Å². The third kappa shape index (κ3) is 4.87. The average Bonchev–Trinajstić information content (AvgIpc) is 2.83. The number of carbonyl (C=O) groups excluding carboxylic acids is 1. The predicted molar refractivity (Wildman–Crippen MR) is 128 cm³/mol. The zero-order valence-corrected chi connectivity index (χ0v) is 19.5. The number of halogens is 3. The van der Waals surface area contributed by atoms with Gasteiger partial charge in [0.15, 0.2) is 0 Å². The first kappa shape index (κ1) is 24.0. The molecular weight excluding hydrogens is 437 g/mol. The molecule has 1 heterocycles. The second-order valence-electron chi connectivity index (χ2n) is 9.08. The normalized spacial score (nSPS) is 19.3. The number of carbonyl (C=O) groups is 1. The third-order valence-electron chi connectivity index (χ3n) is 7.05. The molecule has 0 aliphatic carbocycles. The summed E-state index contributed by atoms with van der Waals surface area (Å²) in [6, 6.07) is 17.3. The van der Waals surface area contributed by atoms with E-state index >= 15 is 0 Å². The van der Waals surface area contributed by atoms with Crippen molar-refractivity contribution in [3.63, 3.8) is 0 Å². The molecule has 1 aliphatic heterocycles. The maximum absolute atomic E-state index is 14.1. The zero-order valence-electron chi connectivity index (χ0n) is 19.5. The van der Waals surface area contributed by atoms with Gasteiger partial charge in [-0.2, -0.15) is 0 Å². The molecule has 3 nitrogen and oxygen atoms in total. The molecule has 1 saturated heterocycles. The van der Waals surface area contributed by atoms with Gasteiger partial charge >= 0.3 is 0 Å². The van der Waals surface area contributed by atoms with Crippen molar-refractivity contribution >= 4 is 5.91 Å². The molecule has 0 spiro atoms. The van der Waals surface area contributed by atoms with E-state index in [0.29, 0.717) is 24.1 Å². The van der Waals surface area contributed by atoms with E-state index in [4.69, 9.17) is 0 Å². The van der Waals surface area contributed by atoms with Gasteiger partial charge in [-0.05, 0) is 74.3 Å². The van der Waals surface area contributed by atoms with Gasteiger partial charge in [-0.1, -0.05) is 36.4 Å². The Morgan fingerprint density at radius 2 is 1.65 bits per heavy atom. The molecule has 0 radical (unpaired) electrons. The second kappa shape index (κ2) is 10.0. The molecule has 2 atom stereocenters. The first-order chi connectivity index (χ1) is 16.3. The summed E-state index contributed by atoms with van der Waals surface area (Å²) >= 11 is 0. The minimum absolute atomic E-state index is 0.0628. The molecule has 0 aromatic heterocycles. The number of nitrogens with one attached hydrogen (secondary N) is 1. The highest BCUT2D eigenvalue weighted by Crippen LogP contribution is 2.41. The van der Waals surface area contributed by atoms with Crippen LogP contribution in [0.15, 0.2) is 66.7 Å². The van der Waals surface area contributed by atoms with E-state index < -0.39 is 11.6 Å². The van der Waals surface area contributed by atoms with Gasteiger partial charge in [-0.15, -0.1) is 0 Å². The SMILES string of the molecule is CNCCC1(c2ccc(F)cc2)CCN([C@@H](C)c2ccc(-c3ccc(F)cc3F)cc2)C(=O)C1. The summed E-state index contributed by atoms with van der Waals surface area (Å²) in [5.74, 6) is -1.44. The summed E-state index contributed by atoms with van der Waals surface area (Å²) in [5.41, 5.74) is 2.61. The molecule has 6 heteroatoms. The van der Waals surface area contributed by atoms with Crippen LogP contribution in [0.4, 0.5) is 13.2 Å². The lowest BCUT2D eigenvalue weighted by atomic mass is 9.70. The largest absolute Gasteiger partial charge is 0.336 e. The highest BCUT2D eigenvalue weighted by atomic mass is 19.1. The lowest BCUT2D eigenvalue weighted by molar-refractivity contribution is -0.138. The van der Waals surface area contributed by atoms with Crippen LogP contribution in [0.5, 0.6) is 0 Å². The van der Waals surface area contributed by atoms with Crippen molar-refractivity contribution in [2.24, 2.45) is 0 Å². The van der Waals surface area contributed by atoms with Crippen molar-refractivity contribution in [2.75, 3.05) is 20.1 Å². The molecule has 3 aromatic carbocycles. The summed E-state index contributed by atoms with van der Waals surface area (Å²) < 4.78 is 40.9. The fourth-order valence-corrected chi connectivity index (χ4v) is 4.96. The van der Waals surface area contributed by atoms with Gasteiger partial charge in [0.1, 0.15) is 17.5 Å². The molecule has 0 bridgehead atoms. The van der Waals surface area contributed by atoms with Gasteiger partial charge in [-0.3, -0.25) is 4.79 Å². The molecule has 1 unspecified atom stereocenters. The van der Waals surface area contributed by atoms with Crippen molar-refractivity contribution in [3.05, 3.63) is 95.3 Å². The Morgan fingerprint density at radius 1 is 0.971 bits per heavy atom. The van der Waals surface area contributed by atoms with Gasteiger partial charge in [0.25, 0.3) is 0 Å². The maximum Gasteiger partial charge on any atom is 0.223 e. The summed E-state index contributed by atoms with van der Waals surface area (Å²) in [6.07, 6.45) is 1.94. The van der Waals surface area contributed by atoms with Gasteiger partial charge < -0.3 is 10.2 Å². The summed E-state index contributed by atoms with van der Waals surface area (Å²) in [4.78, 5) is 15.2. The van der Waals surface area contributed by atoms with E-state index in [0.717, 1.165) is 36.6 Å². The lowest BCUT2D eigenvalue weighted by Crippen LogP contribution is -2.48. The minimum Gasteiger partial charge on any atom is -0.336 e. The van der Waals surface area contributed by atoms with Gasteiger partial charge in [-0.25, -0.2) is 13.2 Å². The molecule has 34 heavy (non-hydrogen) atoms. The number of hydrogen-bond donors (Lipinski definition) is 1. The summed E-state index contributed by atoms with van der Waals surface area (Å²) in [7, 11) is 1.89. The van der Waals surface area contributed by atoms with Gasteiger partial charge in [0.05, 0.1) is 6.04 Å². The predicted octanol–water partition coefficient (Wildman–Crippen LogP) is 6.00. The van der Waals surface area contributed by atoms with Crippen LogP contribution in [-0.4, -0.2) is 30.9 Å². The molecule has 1 aliphatic rings. The quantitative estimate of drug-likeness (QED) is 0.463. The van der Waals surface area contributed by atoms with E-state index in [-0.39, 0.29) is 23.2 Å². The molecule has 1 N–H and O–H groups in total. The number of nitrogens with zero attached hydrogens (tertiary/aromatic N) is 1. The Bertz CT molecular complexity index is 1150. The monoisotopic (exact) mass is 466 g/mol. The van der Waals surface area contributed by atoms with Crippen LogP contribution in [0.1, 0.15) is 43.4 Å². The number of rotatable bonds is 7. The van der Waals surface area contributed by atoms with Gasteiger partial charge in [0.2, 0.25) is 5.91 Å². The topological polar surface area (TPSA) is 32.3 Å². The third-order valence-corrected chi connectivity index (χ3v) is 7.05. The van der Waals surface area contributed by atoms with Crippen LogP contribution in [0, 0.1) is 17.5 Å². The molecule has 1 fully saturated rings. The second-order valence-corrected chi connectivity index (χ2v) is 9.08. The molecule has 1 amide bonds. The fraction of sp³-hybridized carbons (Fsp3) is 0.321. The molecule has 0 saturated carbocycles. The summed E-state index contributed by atoms with van der Waals surface area (Å²) in [5, 5.41) is 3.17. The van der Waals surface area contributed by atoms with Crippen LogP contribution < -0.4 is 5.32 Å². The minimum atomic E-state index is -0.610. The number of piperidine rings is 1.